The molecule has 0 rings (SSSR count). The van der Waals surface area contributed by atoms with E-state index >= 15 is 0 Å². The van der Waals surface area contributed by atoms with Gasteiger partial charge in [-0.3, -0.25) is 0 Å². The number of hydrogen-bond donors (Lipinski definition) is 2. The molecule has 3 N–H and O–H groups in total. The molecule has 0 saturated heterocycles. The SMILES string of the molecule is NC(CC(=O)O)C(=O)[PH4]. The van der Waals surface area contributed by atoms with Crippen LogP contribution in [0.3, 0.4) is 0 Å². The van der Waals surface area contributed by atoms with E-state index in [0.29, 0.717) is 9.24 Å². The number of carboxylic acids is 1. The van der Waals surface area contributed by atoms with E-state index in [1.54, 1.807) is 0 Å². The van der Waals surface area contributed by atoms with Gasteiger partial charge >= 0.3 is 53.6 Å². The van der Waals surface area contributed by atoms with Crippen LogP contribution < -0.4 is 5.73 Å². The molecule has 54 valence electrons. The molecule has 0 aromatic rings. The Morgan fingerprint density at radius 3 is 2.22 bits per heavy atom. The zero-order chi connectivity index (χ0) is 7.44. The number of rotatable bonds is 3. The van der Waals surface area contributed by atoms with E-state index in [1.165, 1.54) is 0 Å². The summed E-state index contributed by atoms with van der Waals surface area (Å²) in [7, 11) is 0.331. The number of nitrogens with two attached hydrogens (primary N) is 1. The summed E-state index contributed by atoms with van der Waals surface area (Å²) in [5.41, 5.74) is 4.97. The molecule has 0 radical (unpaired) electrons. The van der Waals surface area contributed by atoms with E-state index in [0.717, 1.165) is 0 Å². The van der Waals surface area contributed by atoms with Crippen molar-refractivity contribution in [1.82, 2.24) is 0 Å². The second kappa shape index (κ2) is 3.54. The zero-order valence-electron chi connectivity index (χ0n) is 5.13. The van der Waals surface area contributed by atoms with Crippen molar-refractivity contribution < 1.29 is 14.7 Å². The molecule has 4 nitrogen and oxygen atoms in total. The van der Waals surface area contributed by atoms with Gasteiger partial charge in [-0.25, -0.2) is 0 Å². The van der Waals surface area contributed by atoms with Crippen LogP contribution in [0.15, 0.2) is 0 Å². The molecule has 0 aliphatic carbocycles. The topological polar surface area (TPSA) is 80.4 Å². The minimum absolute atomic E-state index is 0.155. The van der Waals surface area contributed by atoms with Gasteiger partial charge in [0.05, 0.1) is 0 Å². The van der Waals surface area contributed by atoms with Gasteiger partial charge in [0.2, 0.25) is 0 Å². The molecule has 0 aromatic carbocycles. The Morgan fingerprint density at radius 2 is 2.11 bits per heavy atom. The summed E-state index contributed by atoms with van der Waals surface area (Å²) in [6, 6.07) is -0.783. The van der Waals surface area contributed by atoms with Crippen LogP contribution in [0, 0.1) is 0 Å². The predicted octanol–water partition coefficient (Wildman–Crippen LogP) is -1.35. The molecular weight excluding hydrogens is 141 g/mol. The van der Waals surface area contributed by atoms with Crippen molar-refractivity contribution in [3.63, 3.8) is 0 Å². The molecule has 0 aromatic heterocycles. The number of aliphatic carboxylic acids is 1. The third-order valence-electron chi connectivity index (χ3n) is 0.917. The van der Waals surface area contributed by atoms with Crippen LogP contribution in [-0.2, 0) is 9.59 Å². The van der Waals surface area contributed by atoms with Gasteiger partial charge in [-0.2, -0.15) is 0 Å². The molecule has 1 unspecified atom stereocenters. The average molecular weight is 151 g/mol. The molecule has 0 amide bonds. The first kappa shape index (κ1) is 8.53. The molecule has 9 heavy (non-hydrogen) atoms. The molecule has 0 spiro atoms. The van der Waals surface area contributed by atoms with E-state index in [1.807, 2.05) is 0 Å². The normalized spacial score (nSPS) is 12.8. The van der Waals surface area contributed by atoms with Crippen LogP contribution in [0.5, 0.6) is 0 Å². The Hall–Kier alpha value is -0.470. The van der Waals surface area contributed by atoms with Crippen molar-refractivity contribution in [3.8, 4) is 0 Å². The molecule has 0 aliphatic heterocycles. The van der Waals surface area contributed by atoms with E-state index in [9.17, 15) is 9.59 Å². The zero-order valence-corrected chi connectivity index (χ0v) is 7.13. The molecule has 0 saturated carbocycles. The van der Waals surface area contributed by atoms with Gasteiger partial charge in [0.15, 0.2) is 0 Å². The van der Waals surface area contributed by atoms with Gasteiger partial charge in [0.25, 0.3) is 0 Å². The maximum atomic E-state index is 10.4. The molecule has 1 atom stereocenters. The van der Waals surface area contributed by atoms with E-state index in [2.05, 4.69) is 0 Å². The van der Waals surface area contributed by atoms with Crippen LogP contribution in [0.2, 0.25) is 0 Å². The van der Waals surface area contributed by atoms with Gasteiger partial charge in [0.1, 0.15) is 0 Å². The fourth-order valence-corrected chi connectivity index (χ4v) is 0.536. The van der Waals surface area contributed by atoms with Crippen LogP contribution in [-0.4, -0.2) is 22.6 Å². The molecule has 0 bridgehead atoms. The Morgan fingerprint density at radius 1 is 1.67 bits per heavy atom. The standard InChI is InChI=1S/C4H10NO3P/c5-2(4(8)9)1-3(6)7/h2H,1,5H2,9H4,(H,6,7). The van der Waals surface area contributed by atoms with E-state index in [4.69, 9.17) is 10.8 Å². The number of carbonyl (C=O) groups is 2. The predicted molar refractivity (Wildman–Crippen MR) is 37.7 cm³/mol. The first-order valence-corrected chi connectivity index (χ1v) is 3.52. The summed E-state index contributed by atoms with van der Waals surface area (Å²) in [4.78, 5) is 20.2. The van der Waals surface area contributed by atoms with Crippen LogP contribution in [0.4, 0.5) is 0 Å². The van der Waals surface area contributed by atoms with Crippen molar-refractivity contribution in [2.45, 2.75) is 12.5 Å². The molecule has 0 heterocycles. The Balaban J connectivity index is 3.63. The van der Waals surface area contributed by atoms with Crippen molar-refractivity contribution in [2.75, 3.05) is 0 Å². The molecule has 5 heteroatoms. The quantitative estimate of drug-likeness (QED) is 0.489. The maximum absolute atomic E-state index is 10.4. The second-order valence-corrected chi connectivity index (χ2v) is 2.80. The summed E-state index contributed by atoms with van der Waals surface area (Å²) in [5.74, 6) is -1.02. The fraction of sp³-hybridized carbons (Fsp3) is 0.500. The average Bonchev–Trinajstić information content (AvgIpc) is 1.63. The Labute approximate surface area is 54.6 Å². The number of hydrogen-bond acceptors (Lipinski definition) is 3. The van der Waals surface area contributed by atoms with Gasteiger partial charge in [-0.05, 0) is 0 Å². The number of carbonyl (C=O) groups excluding carboxylic acids is 1. The minimum atomic E-state index is -1.02. The molecule has 0 fully saturated rings. The first-order valence-electron chi connectivity index (χ1n) is 2.52. The molecule has 0 aliphatic rings. The fourth-order valence-electron chi connectivity index (χ4n) is 0.332. The summed E-state index contributed by atoms with van der Waals surface area (Å²) in [6.07, 6.45) is -0.248. The van der Waals surface area contributed by atoms with Crippen molar-refractivity contribution in [2.24, 2.45) is 5.73 Å². The van der Waals surface area contributed by atoms with Crippen LogP contribution in [0.1, 0.15) is 6.42 Å². The van der Waals surface area contributed by atoms with E-state index in [-0.39, 0.29) is 11.9 Å². The third-order valence-corrected chi connectivity index (χ3v) is 1.66. The summed E-state index contributed by atoms with van der Waals surface area (Å²) in [6.45, 7) is 0. The third kappa shape index (κ3) is 4.06. The van der Waals surface area contributed by atoms with Gasteiger partial charge in [0, 0.05) is 0 Å². The van der Waals surface area contributed by atoms with Crippen LogP contribution in [0.25, 0.3) is 0 Å². The Kier molecular flexibility index (Phi) is 3.35. The van der Waals surface area contributed by atoms with Crippen LogP contribution >= 0.6 is 9.24 Å². The van der Waals surface area contributed by atoms with E-state index < -0.39 is 12.0 Å². The van der Waals surface area contributed by atoms with Crippen molar-refractivity contribution >= 4 is 20.7 Å². The van der Waals surface area contributed by atoms with Gasteiger partial charge < -0.3 is 0 Å². The second-order valence-electron chi connectivity index (χ2n) is 1.82. The van der Waals surface area contributed by atoms with Gasteiger partial charge in [-0.1, -0.05) is 0 Å². The summed E-state index contributed by atoms with van der Waals surface area (Å²) < 4.78 is 0. The van der Waals surface area contributed by atoms with Crippen molar-refractivity contribution in [3.05, 3.63) is 0 Å². The monoisotopic (exact) mass is 151 g/mol. The number of carboxylic acid groups (broad SMARTS) is 1. The van der Waals surface area contributed by atoms with Crippen molar-refractivity contribution in [1.29, 1.82) is 0 Å². The molecular formula is C4H10NO3P. The summed E-state index contributed by atoms with van der Waals surface area (Å²) >= 11 is 0. The summed E-state index contributed by atoms with van der Waals surface area (Å²) in [5, 5.41) is 8.12. The Bertz CT molecular complexity index is 136. The van der Waals surface area contributed by atoms with Gasteiger partial charge in [-0.15, -0.1) is 0 Å². The first-order chi connectivity index (χ1) is 4.04.